The number of hydrogen-bond donors (Lipinski definition) is 1. The molecule has 0 bridgehead atoms. The predicted octanol–water partition coefficient (Wildman–Crippen LogP) is 0.632. The van der Waals surface area contributed by atoms with Crippen LogP contribution in [-0.4, -0.2) is 69.8 Å². The molecule has 6 heteroatoms. The Balaban J connectivity index is 3.95. The van der Waals surface area contributed by atoms with Crippen molar-refractivity contribution in [2.24, 2.45) is 0 Å². The molecular formula is C9H20F3N3. The van der Waals surface area contributed by atoms with Gasteiger partial charge in [-0.05, 0) is 21.1 Å². The summed E-state index contributed by atoms with van der Waals surface area (Å²) >= 11 is 0. The highest BCUT2D eigenvalue weighted by atomic mass is 19.4. The van der Waals surface area contributed by atoms with E-state index in [2.05, 4.69) is 5.32 Å². The second-order valence-electron chi connectivity index (χ2n) is 3.80. The topological polar surface area (TPSA) is 18.5 Å². The summed E-state index contributed by atoms with van der Waals surface area (Å²) in [6.45, 7) is 1.24. The minimum Gasteiger partial charge on any atom is -0.318 e. The van der Waals surface area contributed by atoms with E-state index >= 15 is 0 Å². The first-order chi connectivity index (χ1) is 6.85. The Bertz CT molecular complexity index is 159. The molecule has 0 aromatic carbocycles. The van der Waals surface area contributed by atoms with Crippen molar-refractivity contribution in [1.29, 1.82) is 0 Å². The van der Waals surface area contributed by atoms with Gasteiger partial charge in [-0.25, -0.2) is 0 Å². The summed E-state index contributed by atoms with van der Waals surface area (Å²) in [6.07, 6.45) is -4.11. The maximum Gasteiger partial charge on any atom is 0.401 e. The van der Waals surface area contributed by atoms with Gasteiger partial charge in [0.2, 0.25) is 0 Å². The Morgan fingerprint density at radius 3 is 2.07 bits per heavy atom. The maximum atomic E-state index is 12.2. The van der Waals surface area contributed by atoms with E-state index in [0.717, 1.165) is 0 Å². The van der Waals surface area contributed by atoms with Crippen LogP contribution in [0.1, 0.15) is 0 Å². The van der Waals surface area contributed by atoms with E-state index in [1.807, 2.05) is 19.0 Å². The van der Waals surface area contributed by atoms with Crippen molar-refractivity contribution in [2.45, 2.75) is 6.18 Å². The molecule has 0 fully saturated rings. The lowest BCUT2D eigenvalue weighted by atomic mass is 10.4. The van der Waals surface area contributed by atoms with Crippen LogP contribution in [0, 0.1) is 0 Å². The van der Waals surface area contributed by atoms with E-state index in [1.165, 1.54) is 4.90 Å². The fraction of sp³-hybridized carbons (Fsp3) is 1.00. The average molecular weight is 227 g/mol. The molecule has 15 heavy (non-hydrogen) atoms. The second-order valence-corrected chi connectivity index (χ2v) is 3.80. The number of rotatable bonds is 7. The molecule has 0 aliphatic rings. The first-order valence-corrected chi connectivity index (χ1v) is 4.93. The number of alkyl halides is 3. The molecule has 0 rings (SSSR count). The van der Waals surface area contributed by atoms with Crippen LogP contribution in [-0.2, 0) is 0 Å². The van der Waals surface area contributed by atoms with E-state index in [1.54, 1.807) is 7.05 Å². The van der Waals surface area contributed by atoms with Crippen LogP contribution in [0.2, 0.25) is 0 Å². The third kappa shape index (κ3) is 9.96. The van der Waals surface area contributed by atoms with E-state index in [4.69, 9.17) is 0 Å². The van der Waals surface area contributed by atoms with Crippen molar-refractivity contribution >= 4 is 0 Å². The van der Waals surface area contributed by atoms with Crippen molar-refractivity contribution in [3.05, 3.63) is 0 Å². The molecule has 0 saturated carbocycles. The minimum atomic E-state index is -4.11. The third-order valence-electron chi connectivity index (χ3n) is 1.94. The highest BCUT2D eigenvalue weighted by molar-refractivity contribution is 4.65. The van der Waals surface area contributed by atoms with Crippen LogP contribution in [0.25, 0.3) is 0 Å². The molecule has 0 aliphatic carbocycles. The van der Waals surface area contributed by atoms with Crippen LogP contribution in [0.3, 0.4) is 0 Å². The molecule has 0 heterocycles. The van der Waals surface area contributed by atoms with Gasteiger partial charge in [0.05, 0.1) is 6.54 Å². The van der Waals surface area contributed by atoms with Crippen molar-refractivity contribution < 1.29 is 13.2 Å². The van der Waals surface area contributed by atoms with Crippen LogP contribution >= 0.6 is 0 Å². The molecule has 0 amide bonds. The summed E-state index contributed by atoms with van der Waals surface area (Å²) < 4.78 is 36.5. The van der Waals surface area contributed by atoms with Gasteiger partial charge in [-0.3, -0.25) is 4.90 Å². The van der Waals surface area contributed by atoms with Crippen molar-refractivity contribution in [3.63, 3.8) is 0 Å². The summed E-state index contributed by atoms with van der Waals surface area (Å²) in [5.74, 6) is 0. The third-order valence-corrected chi connectivity index (χ3v) is 1.94. The summed E-state index contributed by atoms with van der Waals surface area (Å²) in [4.78, 5) is 3.29. The van der Waals surface area contributed by atoms with Gasteiger partial charge in [0, 0.05) is 26.2 Å². The standard InChI is InChI=1S/C9H20F3N3/c1-13-4-5-15(7-6-14(2)3)8-9(10,11)12/h13H,4-8H2,1-3H3. The Morgan fingerprint density at radius 2 is 1.67 bits per heavy atom. The zero-order chi connectivity index (χ0) is 11.9. The second kappa shape index (κ2) is 7.03. The molecule has 1 N–H and O–H groups in total. The maximum absolute atomic E-state index is 12.2. The zero-order valence-corrected chi connectivity index (χ0v) is 9.56. The Hall–Kier alpha value is -0.330. The van der Waals surface area contributed by atoms with Gasteiger partial charge in [-0.2, -0.15) is 13.2 Å². The fourth-order valence-electron chi connectivity index (χ4n) is 1.13. The van der Waals surface area contributed by atoms with Crippen LogP contribution < -0.4 is 5.32 Å². The van der Waals surface area contributed by atoms with E-state index in [-0.39, 0.29) is 0 Å². The molecule has 0 aromatic rings. The van der Waals surface area contributed by atoms with Gasteiger partial charge in [0.1, 0.15) is 0 Å². The fourth-order valence-corrected chi connectivity index (χ4v) is 1.13. The summed E-state index contributed by atoms with van der Waals surface area (Å²) in [5, 5.41) is 2.85. The highest BCUT2D eigenvalue weighted by Crippen LogP contribution is 2.15. The van der Waals surface area contributed by atoms with Crippen molar-refractivity contribution in [1.82, 2.24) is 15.1 Å². The number of nitrogens with one attached hydrogen (secondary N) is 1. The molecule has 0 saturated heterocycles. The van der Waals surface area contributed by atoms with Gasteiger partial charge >= 0.3 is 6.18 Å². The monoisotopic (exact) mass is 227 g/mol. The number of halogens is 3. The van der Waals surface area contributed by atoms with Gasteiger partial charge < -0.3 is 10.2 Å². The quantitative estimate of drug-likeness (QED) is 0.688. The minimum absolute atomic E-state index is 0.420. The normalized spacial score (nSPS) is 12.8. The Labute approximate surface area is 89.2 Å². The molecule has 0 aromatic heterocycles. The lowest BCUT2D eigenvalue weighted by Crippen LogP contribution is -2.41. The molecule has 0 unspecified atom stereocenters. The molecule has 0 aliphatic heterocycles. The first-order valence-electron chi connectivity index (χ1n) is 4.93. The number of likely N-dealkylation sites (N-methyl/N-ethyl adjacent to an activating group) is 2. The molecule has 92 valence electrons. The van der Waals surface area contributed by atoms with Crippen LogP contribution in [0.5, 0.6) is 0 Å². The van der Waals surface area contributed by atoms with Gasteiger partial charge in [0.25, 0.3) is 0 Å². The smallest absolute Gasteiger partial charge is 0.318 e. The summed E-state index contributed by atoms with van der Waals surface area (Å²) in [6, 6.07) is 0. The van der Waals surface area contributed by atoms with E-state index < -0.39 is 12.7 Å². The molecular weight excluding hydrogens is 207 g/mol. The molecule has 0 spiro atoms. The van der Waals surface area contributed by atoms with Crippen molar-refractivity contribution in [2.75, 3.05) is 53.9 Å². The lowest BCUT2D eigenvalue weighted by Gasteiger charge is -2.24. The molecule has 0 radical (unpaired) electrons. The SMILES string of the molecule is CNCCN(CCN(C)C)CC(F)(F)F. The van der Waals surface area contributed by atoms with E-state index in [0.29, 0.717) is 26.2 Å². The van der Waals surface area contributed by atoms with E-state index in [9.17, 15) is 13.2 Å². The summed E-state index contributed by atoms with van der Waals surface area (Å²) in [5.41, 5.74) is 0. The van der Waals surface area contributed by atoms with Crippen LogP contribution in [0.15, 0.2) is 0 Å². The van der Waals surface area contributed by atoms with Crippen LogP contribution in [0.4, 0.5) is 13.2 Å². The Kier molecular flexibility index (Phi) is 6.87. The number of hydrogen-bond acceptors (Lipinski definition) is 3. The largest absolute Gasteiger partial charge is 0.401 e. The molecule has 3 nitrogen and oxygen atoms in total. The Morgan fingerprint density at radius 1 is 1.07 bits per heavy atom. The average Bonchev–Trinajstić information content (AvgIpc) is 2.07. The highest BCUT2D eigenvalue weighted by Gasteiger charge is 2.30. The predicted molar refractivity (Wildman–Crippen MR) is 55.0 cm³/mol. The van der Waals surface area contributed by atoms with Gasteiger partial charge in [0.15, 0.2) is 0 Å². The molecule has 0 atom stereocenters. The van der Waals surface area contributed by atoms with Gasteiger partial charge in [-0.1, -0.05) is 0 Å². The lowest BCUT2D eigenvalue weighted by molar-refractivity contribution is -0.146. The number of nitrogens with zero attached hydrogens (tertiary/aromatic N) is 2. The zero-order valence-electron chi connectivity index (χ0n) is 9.56. The van der Waals surface area contributed by atoms with Gasteiger partial charge in [-0.15, -0.1) is 0 Å². The first kappa shape index (κ1) is 14.7. The summed E-state index contributed by atoms with van der Waals surface area (Å²) in [7, 11) is 5.44. The van der Waals surface area contributed by atoms with Crippen molar-refractivity contribution in [3.8, 4) is 0 Å².